The minimum absolute atomic E-state index is 0.193. The van der Waals surface area contributed by atoms with Crippen LogP contribution >= 0.6 is 11.6 Å². The topological polar surface area (TPSA) is 87.7 Å². The monoisotopic (exact) mass is 529 g/mol. The number of alkyl carbamates (subject to hydrolysis) is 1. The van der Waals surface area contributed by atoms with Gasteiger partial charge in [0.05, 0.1) is 10.7 Å². The summed E-state index contributed by atoms with van der Waals surface area (Å²) in [5.74, 6) is -0.946. The molecule has 7 nitrogen and oxygen atoms in total. The molecule has 0 aliphatic heterocycles. The van der Waals surface area contributed by atoms with E-state index in [9.17, 15) is 14.4 Å². The highest BCUT2D eigenvalue weighted by atomic mass is 35.5. The molecule has 0 heterocycles. The van der Waals surface area contributed by atoms with Crippen molar-refractivity contribution in [2.24, 2.45) is 5.92 Å². The number of halogens is 1. The number of ether oxygens (including phenoxy) is 1. The zero-order chi connectivity index (χ0) is 27.9. The average molecular weight is 530 g/mol. The average Bonchev–Trinajstić information content (AvgIpc) is 2.81. The van der Waals surface area contributed by atoms with Crippen molar-refractivity contribution in [1.82, 2.24) is 10.2 Å². The summed E-state index contributed by atoms with van der Waals surface area (Å²) in [5.41, 5.74) is 2.22. The molecular weight excluding hydrogens is 490 g/mol. The number of benzene rings is 2. The van der Waals surface area contributed by atoms with E-state index in [0.717, 1.165) is 11.1 Å². The summed E-state index contributed by atoms with van der Waals surface area (Å²) in [5, 5.41) is 6.11. The van der Waals surface area contributed by atoms with Crippen LogP contribution in [-0.4, -0.2) is 41.0 Å². The van der Waals surface area contributed by atoms with Crippen LogP contribution in [0.25, 0.3) is 0 Å². The number of nitrogens with zero attached hydrogens (tertiary/aromatic N) is 1. The molecule has 0 fully saturated rings. The molecule has 2 aromatic carbocycles. The summed E-state index contributed by atoms with van der Waals surface area (Å²) in [6.45, 7) is 15.0. The number of hydrogen-bond acceptors (Lipinski definition) is 4. The van der Waals surface area contributed by atoms with Crippen LogP contribution in [0.15, 0.2) is 42.5 Å². The van der Waals surface area contributed by atoms with E-state index in [4.69, 9.17) is 16.3 Å². The minimum Gasteiger partial charge on any atom is -0.444 e. The summed E-state index contributed by atoms with van der Waals surface area (Å²) in [4.78, 5) is 42.0. The smallest absolute Gasteiger partial charge is 0.408 e. The minimum atomic E-state index is -0.944. The van der Waals surface area contributed by atoms with Crippen molar-refractivity contribution >= 4 is 35.2 Å². The van der Waals surface area contributed by atoms with E-state index in [-0.39, 0.29) is 18.4 Å². The van der Waals surface area contributed by atoms with Crippen molar-refractivity contribution in [3.8, 4) is 0 Å². The first-order valence-corrected chi connectivity index (χ1v) is 13.1. The molecule has 3 atom stereocenters. The predicted octanol–water partition coefficient (Wildman–Crippen LogP) is 6.42. The molecule has 0 aliphatic carbocycles. The molecule has 8 heteroatoms. The fraction of sp³-hybridized carbons (Fsp3) is 0.483. The van der Waals surface area contributed by atoms with E-state index >= 15 is 0 Å². The number of para-hydroxylation sites is 1. The van der Waals surface area contributed by atoms with Crippen LogP contribution in [0, 0.1) is 19.8 Å². The largest absolute Gasteiger partial charge is 0.444 e. The summed E-state index contributed by atoms with van der Waals surface area (Å²) in [7, 11) is 0. The lowest BCUT2D eigenvalue weighted by atomic mass is 9.95. The van der Waals surface area contributed by atoms with Gasteiger partial charge in [0.25, 0.3) is 5.91 Å². The second kappa shape index (κ2) is 13.0. The molecule has 2 aromatic rings. The van der Waals surface area contributed by atoms with Gasteiger partial charge in [0.1, 0.15) is 17.7 Å². The Labute approximate surface area is 225 Å². The fourth-order valence-electron chi connectivity index (χ4n) is 4.06. The van der Waals surface area contributed by atoms with Crippen molar-refractivity contribution in [2.75, 3.05) is 11.9 Å². The normalized spacial score (nSPS) is 13.8. The first kappa shape index (κ1) is 30.2. The van der Waals surface area contributed by atoms with Crippen molar-refractivity contribution < 1.29 is 19.1 Å². The zero-order valence-electron chi connectivity index (χ0n) is 23.1. The third-order valence-corrected chi connectivity index (χ3v) is 6.48. The van der Waals surface area contributed by atoms with Gasteiger partial charge in [-0.3, -0.25) is 9.59 Å². The van der Waals surface area contributed by atoms with Gasteiger partial charge < -0.3 is 20.3 Å². The van der Waals surface area contributed by atoms with Gasteiger partial charge in [-0.2, -0.15) is 0 Å². The van der Waals surface area contributed by atoms with Gasteiger partial charge in [-0.15, -0.1) is 0 Å². The molecule has 0 saturated heterocycles. The summed E-state index contributed by atoms with van der Waals surface area (Å²) in [6, 6.07) is 11.1. The quantitative estimate of drug-likeness (QED) is 0.392. The van der Waals surface area contributed by atoms with Crippen molar-refractivity contribution in [3.63, 3.8) is 0 Å². The number of rotatable bonds is 9. The SMILES string of the molecule is CCC(C)C(NC(=O)OC(C)(C)C)C(=O)N(CC)C(C(=O)Nc1c(C)cccc1Cl)c1cccc(C)c1. The summed E-state index contributed by atoms with van der Waals surface area (Å²) >= 11 is 6.39. The highest BCUT2D eigenvalue weighted by Gasteiger charge is 2.37. The third-order valence-electron chi connectivity index (χ3n) is 6.16. The number of likely N-dealkylation sites (N-methyl/N-ethyl adjacent to an activating group) is 1. The van der Waals surface area contributed by atoms with Crippen LogP contribution in [-0.2, 0) is 14.3 Å². The Morgan fingerprint density at radius 1 is 1.05 bits per heavy atom. The van der Waals surface area contributed by atoms with Crippen LogP contribution in [0.5, 0.6) is 0 Å². The highest BCUT2D eigenvalue weighted by molar-refractivity contribution is 6.34. The highest BCUT2D eigenvalue weighted by Crippen LogP contribution is 2.30. The van der Waals surface area contributed by atoms with Gasteiger partial charge in [-0.05, 0) is 64.7 Å². The number of amides is 3. The lowest BCUT2D eigenvalue weighted by Gasteiger charge is -2.35. The molecule has 0 spiro atoms. The lowest BCUT2D eigenvalue weighted by molar-refractivity contribution is -0.141. The molecular formula is C29H40ClN3O4. The molecule has 0 aromatic heterocycles. The summed E-state index contributed by atoms with van der Waals surface area (Å²) < 4.78 is 5.43. The second-order valence-corrected chi connectivity index (χ2v) is 10.8. The Morgan fingerprint density at radius 2 is 1.70 bits per heavy atom. The first-order valence-electron chi connectivity index (χ1n) is 12.7. The van der Waals surface area contributed by atoms with Gasteiger partial charge in [-0.25, -0.2) is 4.79 Å². The molecule has 0 aliphatic rings. The Bertz CT molecular complexity index is 1090. The predicted molar refractivity (Wildman–Crippen MR) is 149 cm³/mol. The molecule has 37 heavy (non-hydrogen) atoms. The second-order valence-electron chi connectivity index (χ2n) is 10.4. The van der Waals surface area contributed by atoms with Gasteiger partial charge in [0.2, 0.25) is 5.91 Å². The van der Waals surface area contributed by atoms with Gasteiger partial charge >= 0.3 is 6.09 Å². The van der Waals surface area contributed by atoms with E-state index in [0.29, 0.717) is 22.7 Å². The summed E-state index contributed by atoms with van der Waals surface area (Å²) in [6.07, 6.45) is -0.0328. The molecule has 2 N–H and O–H groups in total. The maximum Gasteiger partial charge on any atom is 0.408 e. The van der Waals surface area contributed by atoms with Crippen molar-refractivity contribution in [1.29, 1.82) is 0 Å². The van der Waals surface area contributed by atoms with Crippen molar-refractivity contribution in [3.05, 3.63) is 64.2 Å². The van der Waals surface area contributed by atoms with E-state index < -0.39 is 29.7 Å². The number of anilines is 1. The molecule has 0 saturated carbocycles. The Balaban J connectivity index is 2.51. The van der Waals surface area contributed by atoms with Crippen LogP contribution in [0.1, 0.15) is 70.7 Å². The number of carbonyl (C=O) groups is 3. The number of carbonyl (C=O) groups excluding carboxylic acids is 3. The third kappa shape index (κ3) is 8.22. The van der Waals surface area contributed by atoms with E-state index in [1.54, 1.807) is 26.8 Å². The van der Waals surface area contributed by atoms with Gasteiger partial charge in [0, 0.05) is 6.54 Å². The fourth-order valence-corrected chi connectivity index (χ4v) is 4.33. The maximum atomic E-state index is 14.0. The van der Waals surface area contributed by atoms with E-state index in [1.807, 2.05) is 71.0 Å². The number of hydrogen-bond donors (Lipinski definition) is 2. The molecule has 202 valence electrons. The molecule has 3 unspecified atom stereocenters. The van der Waals surface area contributed by atoms with Gasteiger partial charge in [-0.1, -0.05) is 73.8 Å². The zero-order valence-corrected chi connectivity index (χ0v) is 23.9. The van der Waals surface area contributed by atoms with Crippen LogP contribution in [0.3, 0.4) is 0 Å². The Kier molecular flexibility index (Phi) is 10.6. The molecule has 0 radical (unpaired) electrons. The van der Waals surface area contributed by atoms with Crippen LogP contribution in [0.4, 0.5) is 10.5 Å². The number of nitrogens with one attached hydrogen (secondary N) is 2. The molecule has 0 bridgehead atoms. The molecule has 3 amide bonds. The number of aryl methyl sites for hydroxylation is 2. The van der Waals surface area contributed by atoms with Crippen LogP contribution < -0.4 is 10.6 Å². The van der Waals surface area contributed by atoms with Crippen LogP contribution in [0.2, 0.25) is 5.02 Å². The first-order chi connectivity index (χ1) is 17.3. The Hall–Kier alpha value is -3.06. The van der Waals surface area contributed by atoms with E-state index in [2.05, 4.69) is 10.6 Å². The van der Waals surface area contributed by atoms with Crippen molar-refractivity contribution in [2.45, 2.75) is 79.5 Å². The molecule has 2 rings (SSSR count). The Morgan fingerprint density at radius 3 is 2.24 bits per heavy atom. The van der Waals surface area contributed by atoms with Gasteiger partial charge in [0.15, 0.2) is 0 Å². The van der Waals surface area contributed by atoms with E-state index in [1.165, 1.54) is 4.90 Å². The lowest BCUT2D eigenvalue weighted by Crippen LogP contribution is -2.54. The maximum absolute atomic E-state index is 14.0. The standard InChI is InChI=1S/C29H40ClN3O4/c1-9-19(4)24(32-28(36)37-29(6,7)8)27(35)33(10-2)25(21-15-11-13-18(3)17-21)26(34)31-23-20(5)14-12-16-22(23)30/h11-17,19,24-25H,9-10H2,1-8H3,(H,31,34)(H,32,36).